The number of hydrogen-bond acceptors (Lipinski definition) is 5. The summed E-state index contributed by atoms with van der Waals surface area (Å²) in [5, 5.41) is 4.53. The van der Waals surface area contributed by atoms with Gasteiger partial charge in [0.1, 0.15) is 17.5 Å². The molecule has 7 heteroatoms. The van der Waals surface area contributed by atoms with E-state index in [-0.39, 0.29) is 0 Å². The van der Waals surface area contributed by atoms with Gasteiger partial charge in [0.2, 0.25) is 0 Å². The number of nitrogens with zero attached hydrogens (tertiary/aromatic N) is 6. The summed E-state index contributed by atoms with van der Waals surface area (Å²) in [6.07, 6.45) is 7.51. The van der Waals surface area contributed by atoms with Crippen molar-refractivity contribution < 1.29 is 4.42 Å². The summed E-state index contributed by atoms with van der Waals surface area (Å²) in [5.74, 6) is 3.38. The number of imidazole rings is 1. The van der Waals surface area contributed by atoms with Gasteiger partial charge in [-0.05, 0) is 19.9 Å². The predicted molar refractivity (Wildman–Crippen MR) is 88.0 cm³/mol. The lowest BCUT2D eigenvalue weighted by Gasteiger charge is -2.23. The summed E-state index contributed by atoms with van der Waals surface area (Å²) < 4.78 is 9.50. The topological polar surface area (TPSA) is 64.9 Å². The van der Waals surface area contributed by atoms with Gasteiger partial charge in [-0.15, -0.1) is 0 Å². The van der Waals surface area contributed by atoms with Crippen LogP contribution in [0.3, 0.4) is 0 Å². The third kappa shape index (κ3) is 3.12. The molecule has 1 aliphatic rings. The zero-order valence-electron chi connectivity index (χ0n) is 14.1. The maximum Gasteiger partial charge on any atom is 0.147 e. The Morgan fingerprint density at radius 1 is 1.29 bits per heavy atom. The Morgan fingerprint density at radius 3 is 2.96 bits per heavy atom. The first-order valence-electron chi connectivity index (χ1n) is 8.29. The summed E-state index contributed by atoms with van der Waals surface area (Å²) in [6, 6.07) is 2.03. The maximum atomic E-state index is 5.21. The van der Waals surface area contributed by atoms with Crippen LogP contribution in [0.1, 0.15) is 23.0 Å². The van der Waals surface area contributed by atoms with E-state index in [0.717, 1.165) is 50.2 Å². The number of furan rings is 1. The molecule has 0 bridgehead atoms. The van der Waals surface area contributed by atoms with Gasteiger partial charge in [-0.3, -0.25) is 4.90 Å². The molecule has 4 heterocycles. The molecule has 0 radical (unpaired) electrons. The van der Waals surface area contributed by atoms with Gasteiger partial charge in [0.15, 0.2) is 0 Å². The standard InChI is InChI=1S/C17H22N6O/c1-13-19-14(2)23(20-13)10-16-8-21(7-15-3-6-24-12-15)11-17-18-4-5-22(17)9-16/h3-6,12,16H,7-11H2,1-2H3/t16-/m0/s1. The van der Waals surface area contributed by atoms with Crippen LogP contribution in [0.15, 0.2) is 35.4 Å². The number of fused-ring (bicyclic) bond motifs is 1. The third-order valence-corrected chi connectivity index (χ3v) is 4.52. The lowest BCUT2D eigenvalue weighted by atomic mass is 10.1. The van der Waals surface area contributed by atoms with Gasteiger partial charge in [-0.25, -0.2) is 14.6 Å². The van der Waals surface area contributed by atoms with Gasteiger partial charge in [-0.1, -0.05) is 0 Å². The molecule has 3 aromatic rings. The Kier molecular flexibility index (Phi) is 3.93. The highest BCUT2D eigenvalue weighted by atomic mass is 16.3. The van der Waals surface area contributed by atoms with Crippen molar-refractivity contribution in [3.63, 3.8) is 0 Å². The first-order valence-corrected chi connectivity index (χ1v) is 8.29. The van der Waals surface area contributed by atoms with Crippen molar-refractivity contribution in [2.75, 3.05) is 6.54 Å². The zero-order valence-corrected chi connectivity index (χ0v) is 14.1. The van der Waals surface area contributed by atoms with E-state index in [1.165, 1.54) is 5.56 Å². The Labute approximate surface area is 140 Å². The van der Waals surface area contributed by atoms with E-state index in [2.05, 4.69) is 30.7 Å². The number of aryl methyl sites for hydroxylation is 2. The SMILES string of the molecule is Cc1nc(C)n(C[C@H]2CN(Cc3ccoc3)Cc3nccn3C2)n1. The average molecular weight is 326 g/mol. The molecule has 0 fully saturated rings. The van der Waals surface area contributed by atoms with Crippen molar-refractivity contribution in [3.8, 4) is 0 Å². The molecule has 24 heavy (non-hydrogen) atoms. The van der Waals surface area contributed by atoms with Crippen LogP contribution in [-0.2, 0) is 26.2 Å². The van der Waals surface area contributed by atoms with Gasteiger partial charge in [-0.2, -0.15) is 5.10 Å². The second-order valence-electron chi connectivity index (χ2n) is 6.55. The molecule has 0 saturated carbocycles. The summed E-state index contributed by atoms with van der Waals surface area (Å²) in [6.45, 7) is 8.49. The molecule has 0 saturated heterocycles. The fraction of sp³-hybridized carbons (Fsp3) is 0.471. The lowest BCUT2D eigenvalue weighted by Crippen LogP contribution is -2.30. The van der Waals surface area contributed by atoms with Crippen LogP contribution in [0.25, 0.3) is 0 Å². The minimum Gasteiger partial charge on any atom is -0.472 e. The van der Waals surface area contributed by atoms with E-state index in [1.54, 1.807) is 6.26 Å². The molecule has 7 nitrogen and oxygen atoms in total. The van der Waals surface area contributed by atoms with Gasteiger partial charge in [0, 0.05) is 50.1 Å². The summed E-state index contributed by atoms with van der Waals surface area (Å²) in [5.41, 5.74) is 1.20. The Hall–Kier alpha value is -2.41. The van der Waals surface area contributed by atoms with Gasteiger partial charge in [0.25, 0.3) is 0 Å². The van der Waals surface area contributed by atoms with Gasteiger partial charge >= 0.3 is 0 Å². The summed E-state index contributed by atoms with van der Waals surface area (Å²) in [7, 11) is 0. The molecular weight excluding hydrogens is 304 g/mol. The van der Waals surface area contributed by atoms with E-state index >= 15 is 0 Å². The van der Waals surface area contributed by atoms with Gasteiger partial charge in [0.05, 0.1) is 19.1 Å². The zero-order chi connectivity index (χ0) is 16.5. The molecule has 126 valence electrons. The monoisotopic (exact) mass is 326 g/mol. The van der Waals surface area contributed by atoms with Crippen molar-refractivity contribution in [2.24, 2.45) is 5.92 Å². The second kappa shape index (κ2) is 6.24. The highest BCUT2D eigenvalue weighted by molar-refractivity contribution is 5.06. The lowest BCUT2D eigenvalue weighted by molar-refractivity contribution is 0.204. The van der Waals surface area contributed by atoms with Crippen LogP contribution in [-0.4, -0.2) is 35.8 Å². The van der Waals surface area contributed by atoms with E-state index in [4.69, 9.17) is 4.42 Å². The number of aromatic nitrogens is 5. The molecule has 0 aromatic carbocycles. The smallest absolute Gasteiger partial charge is 0.147 e. The molecule has 0 amide bonds. The largest absolute Gasteiger partial charge is 0.472 e. The Balaban J connectivity index is 1.55. The number of rotatable bonds is 4. The van der Waals surface area contributed by atoms with Crippen LogP contribution < -0.4 is 0 Å². The average Bonchev–Trinajstić information content (AvgIpc) is 3.22. The first kappa shape index (κ1) is 15.1. The van der Waals surface area contributed by atoms with Crippen LogP contribution in [0, 0.1) is 19.8 Å². The Bertz CT molecular complexity index is 803. The first-order chi connectivity index (χ1) is 11.7. The van der Waals surface area contributed by atoms with E-state index < -0.39 is 0 Å². The summed E-state index contributed by atoms with van der Waals surface area (Å²) in [4.78, 5) is 11.4. The van der Waals surface area contributed by atoms with Crippen LogP contribution in [0.2, 0.25) is 0 Å². The quantitative estimate of drug-likeness (QED) is 0.734. The minimum atomic E-state index is 0.451. The van der Waals surface area contributed by atoms with E-state index in [9.17, 15) is 0 Å². The van der Waals surface area contributed by atoms with Crippen molar-refractivity contribution in [1.29, 1.82) is 0 Å². The molecular formula is C17H22N6O. The third-order valence-electron chi connectivity index (χ3n) is 4.52. The summed E-state index contributed by atoms with van der Waals surface area (Å²) >= 11 is 0. The fourth-order valence-electron chi connectivity index (χ4n) is 3.48. The molecule has 4 rings (SSSR count). The highest BCUT2D eigenvalue weighted by Crippen LogP contribution is 2.19. The molecule has 0 N–H and O–H groups in total. The molecule has 1 aliphatic heterocycles. The molecule has 1 atom stereocenters. The van der Waals surface area contributed by atoms with Crippen molar-refractivity contribution in [2.45, 2.75) is 40.0 Å². The van der Waals surface area contributed by atoms with Crippen molar-refractivity contribution >= 4 is 0 Å². The number of hydrogen-bond donors (Lipinski definition) is 0. The molecule has 0 aliphatic carbocycles. The van der Waals surface area contributed by atoms with Gasteiger partial charge < -0.3 is 8.98 Å². The van der Waals surface area contributed by atoms with Crippen LogP contribution in [0.4, 0.5) is 0 Å². The van der Waals surface area contributed by atoms with Crippen molar-refractivity contribution in [1.82, 2.24) is 29.2 Å². The van der Waals surface area contributed by atoms with E-state index in [0.29, 0.717) is 5.92 Å². The second-order valence-corrected chi connectivity index (χ2v) is 6.55. The fourth-order valence-corrected chi connectivity index (χ4v) is 3.48. The van der Waals surface area contributed by atoms with Crippen LogP contribution in [0.5, 0.6) is 0 Å². The molecule has 0 spiro atoms. The normalized spacial score (nSPS) is 18.5. The molecule has 3 aromatic heterocycles. The van der Waals surface area contributed by atoms with Crippen molar-refractivity contribution in [3.05, 3.63) is 54.0 Å². The Morgan fingerprint density at radius 2 is 2.21 bits per heavy atom. The highest BCUT2D eigenvalue weighted by Gasteiger charge is 2.24. The molecule has 0 unspecified atom stereocenters. The van der Waals surface area contributed by atoms with E-state index in [1.807, 2.05) is 37.1 Å². The maximum absolute atomic E-state index is 5.21. The minimum absolute atomic E-state index is 0.451. The van der Waals surface area contributed by atoms with Crippen LogP contribution >= 0.6 is 0 Å². The predicted octanol–water partition coefficient (Wildman–Crippen LogP) is 2.02.